The van der Waals surface area contributed by atoms with Crippen molar-refractivity contribution >= 4 is 41.5 Å². The minimum Gasteiger partial charge on any atom is -0.476 e. The number of aromatic nitrogens is 4. The quantitative estimate of drug-likeness (QED) is 0.231. The van der Waals surface area contributed by atoms with Crippen LogP contribution in [-0.4, -0.2) is 58.6 Å². The van der Waals surface area contributed by atoms with E-state index in [0.717, 1.165) is 43.5 Å². The van der Waals surface area contributed by atoms with Crippen LogP contribution in [-0.2, 0) is 24.3 Å². The lowest BCUT2D eigenvalue weighted by molar-refractivity contribution is 0.177. The van der Waals surface area contributed by atoms with E-state index in [-0.39, 0.29) is 30.0 Å². The predicted octanol–water partition coefficient (Wildman–Crippen LogP) is 2.04. The number of nitrogens with zero attached hydrogens (tertiary/aromatic N) is 5. The number of halogens is 2. The highest BCUT2D eigenvalue weighted by Crippen LogP contribution is 2.14. The number of hydrogen-bond acceptors (Lipinski definition) is 6. The Morgan fingerprint density at radius 3 is 3.00 bits per heavy atom. The summed E-state index contributed by atoms with van der Waals surface area (Å²) in [6.45, 7) is 4.96. The van der Waals surface area contributed by atoms with Crippen molar-refractivity contribution in [3.05, 3.63) is 35.0 Å². The first kappa shape index (κ1) is 23.6. The molecule has 2 N–H and O–H groups in total. The third kappa shape index (κ3) is 7.27. The van der Waals surface area contributed by atoms with Crippen LogP contribution in [0.1, 0.15) is 25.0 Å². The number of aliphatic imine (C=N–C) groups is 1. The topological polar surface area (TPSA) is 98.5 Å². The Hall–Kier alpha value is -1.66. The molecule has 1 unspecified atom stereocenters. The van der Waals surface area contributed by atoms with Gasteiger partial charge in [-0.05, 0) is 19.4 Å². The second-order valence-electron chi connectivity index (χ2n) is 6.36. The minimum absolute atomic E-state index is 0. The molecule has 0 radical (unpaired) electrons. The lowest BCUT2D eigenvalue weighted by Crippen LogP contribution is -2.47. The lowest BCUT2D eigenvalue weighted by atomic mass is 10.1. The molecule has 2 aromatic heterocycles. The second-order valence-corrected chi connectivity index (χ2v) is 6.80. The van der Waals surface area contributed by atoms with Crippen molar-refractivity contribution < 1.29 is 9.47 Å². The van der Waals surface area contributed by atoms with Gasteiger partial charge in [0.1, 0.15) is 19.0 Å². The molecule has 0 fully saturated rings. The van der Waals surface area contributed by atoms with Crippen molar-refractivity contribution in [2.45, 2.75) is 39.0 Å². The standard InChI is InChI=1S/C18H26ClN7O2.HI/c1-3-20-18(21-8-9-28-17-7-4-13(19)10-22-17)23-14-5-6-16-24-15(12-27-2)25-26(16)11-14;/h4,7,10,14H,3,5-6,8-9,11-12H2,1-2H3,(H2,20,21,23);1H. The first-order chi connectivity index (χ1) is 13.7. The molecule has 9 nitrogen and oxygen atoms in total. The Balaban J connectivity index is 0.00000300. The Bertz CT molecular complexity index is 785. The fourth-order valence-corrected chi connectivity index (χ4v) is 3.05. The molecular weight excluding hydrogens is 509 g/mol. The van der Waals surface area contributed by atoms with Gasteiger partial charge in [-0.15, -0.1) is 24.0 Å². The first-order valence-electron chi connectivity index (χ1n) is 9.38. The van der Waals surface area contributed by atoms with Crippen LogP contribution in [0.15, 0.2) is 23.3 Å². The molecule has 160 valence electrons. The van der Waals surface area contributed by atoms with Gasteiger partial charge in [0.25, 0.3) is 0 Å². The van der Waals surface area contributed by atoms with Crippen molar-refractivity contribution in [2.75, 3.05) is 26.8 Å². The summed E-state index contributed by atoms with van der Waals surface area (Å²) in [6.07, 6.45) is 3.41. The smallest absolute Gasteiger partial charge is 0.213 e. The fourth-order valence-electron chi connectivity index (χ4n) is 2.94. The normalized spacial score (nSPS) is 16.0. The highest BCUT2D eigenvalue weighted by molar-refractivity contribution is 14.0. The maximum atomic E-state index is 5.82. The number of hydrogen-bond donors (Lipinski definition) is 2. The van der Waals surface area contributed by atoms with E-state index >= 15 is 0 Å². The van der Waals surface area contributed by atoms with Crippen LogP contribution in [0.25, 0.3) is 0 Å². The zero-order valence-corrected chi connectivity index (χ0v) is 19.7. The minimum atomic E-state index is 0. The third-order valence-electron chi connectivity index (χ3n) is 4.17. The number of rotatable bonds is 8. The van der Waals surface area contributed by atoms with Gasteiger partial charge < -0.3 is 20.1 Å². The lowest BCUT2D eigenvalue weighted by Gasteiger charge is -2.25. The molecule has 11 heteroatoms. The predicted molar refractivity (Wildman–Crippen MR) is 122 cm³/mol. The molecule has 0 amide bonds. The SMILES string of the molecule is CCNC(=NCCOc1ccc(Cl)cn1)NC1CCc2nc(COC)nn2C1.I. The van der Waals surface area contributed by atoms with Crippen LogP contribution in [0.4, 0.5) is 0 Å². The molecule has 0 bridgehead atoms. The summed E-state index contributed by atoms with van der Waals surface area (Å²) in [5.41, 5.74) is 0. The summed E-state index contributed by atoms with van der Waals surface area (Å²) in [7, 11) is 1.65. The van der Waals surface area contributed by atoms with E-state index < -0.39 is 0 Å². The zero-order chi connectivity index (χ0) is 19.8. The van der Waals surface area contributed by atoms with E-state index in [2.05, 4.69) is 30.7 Å². The molecule has 3 heterocycles. The van der Waals surface area contributed by atoms with Gasteiger partial charge in [-0.1, -0.05) is 11.6 Å². The number of guanidine groups is 1. The molecule has 2 aromatic rings. The number of methoxy groups -OCH3 is 1. The van der Waals surface area contributed by atoms with Crippen LogP contribution < -0.4 is 15.4 Å². The molecule has 1 atom stereocenters. The van der Waals surface area contributed by atoms with E-state index in [4.69, 9.17) is 21.1 Å². The highest BCUT2D eigenvalue weighted by Gasteiger charge is 2.22. The van der Waals surface area contributed by atoms with Gasteiger partial charge in [-0.3, -0.25) is 0 Å². The van der Waals surface area contributed by atoms with E-state index in [1.807, 2.05) is 11.6 Å². The summed E-state index contributed by atoms with van der Waals surface area (Å²) in [5, 5.41) is 11.8. The van der Waals surface area contributed by atoms with Gasteiger partial charge in [0.05, 0.1) is 18.1 Å². The van der Waals surface area contributed by atoms with Crippen molar-refractivity contribution in [1.82, 2.24) is 30.4 Å². The maximum Gasteiger partial charge on any atom is 0.213 e. The largest absolute Gasteiger partial charge is 0.476 e. The van der Waals surface area contributed by atoms with Gasteiger partial charge >= 0.3 is 0 Å². The average Bonchev–Trinajstić information content (AvgIpc) is 3.08. The first-order valence-corrected chi connectivity index (χ1v) is 9.76. The number of fused-ring (bicyclic) bond motifs is 1. The van der Waals surface area contributed by atoms with Crippen LogP contribution in [0.2, 0.25) is 5.02 Å². The Morgan fingerprint density at radius 1 is 1.41 bits per heavy atom. The Morgan fingerprint density at radius 2 is 2.28 bits per heavy atom. The molecule has 3 rings (SSSR count). The molecule has 1 aliphatic heterocycles. The van der Waals surface area contributed by atoms with E-state index in [1.54, 1.807) is 25.4 Å². The number of pyridine rings is 1. The zero-order valence-electron chi connectivity index (χ0n) is 16.6. The Kier molecular flexibility index (Phi) is 9.88. The van der Waals surface area contributed by atoms with Crippen LogP contribution in [0.5, 0.6) is 5.88 Å². The molecule has 29 heavy (non-hydrogen) atoms. The van der Waals surface area contributed by atoms with Gasteiger partial charge in [0.2, 0.25) is 5.88 Å². The molecule has 0 aromatic carbocycles. The fraction of sp³-hybridized carbons (Fsp3) is 0.556. The summed E-state index contributed by atoms with van der Waals surface area (Å²) in [6, 6.07) is 3.73. The van der Waals surface area contributed by atoms with Crippen molar-refractivity contribution in [1.29, 1.82) is 0 Å². The van der Waals surface area contributed by atoms with Gasteiger partial charge in [-0.25, -0.2) is 19.6 Å². The van der Waals surface area contributed by atoms with Gasteiger partial charge in [-0.2, -0.15) is 5.10 Å². The highest BCUT2D eigenvalue weighted by atomic mass is 127. The van der Waals surface area contributed by atoms with Crippen molar-refractivity contribution in [2.24, 2.45) is 4.99 Å². The van der Waals surface area contributed by atoms with Crippen molar-refractivity contribution in [3.8, 4) is 5.88 Å². The van der Waals surface area contributed by atoms with Crippen molar-refractivity contribution in [3.63, 3.8) is 0 Å². The van der Waals surface area contributed by atoms with E-state index in [0.29, 0.717) is 30.7 Å². The summed E-state index contributed by atoms with van der Waals surface area (Å²) in [4.78, 5) is 13.2. The number of aryl methyl sites for hydroxylation is 1. The average molecular weight is 536 g/mol. The van der Waals surface area contributed by atoms with E-state index in [1.165, 1.54) is 0 Å². The molecule has 1 aliphatic rings. The molecular formula is C18H27ClIN7O2. The Labute approximate surface area is 192 Å². The van der Waals surface area contributed by atoms with Crippen LogP contribution in [0, 0.1) is 0 Å². The van der Waals surface area contributed by atoms with Gasteiger partial charge in [0.15, 0.2) is 11.8 Å². The molecule has 0 aliphatic carbocycles. The van der Waals surface area contributed by atoms with Gasteiger partial charge in [0, 0.05) is 38.4 Å². The summed E-state index contributed by atoms with van der Waals surface area (Å²) < 4.78 is 12.7. The van der Waals surface area contributed by atoms with E-state index in [9.17, 15) is 0 Å². The molecule has 0 saturated carbocycles. The number of nitrogens with one attached hydrogen (secondary N) is 2. The second kappa shape index (κ2) is 12.1. The molecule has 0 spiro atoms. The molecule has 0 saturated heterocycles. The summed E-state index contributed by atoms with van der Waals surface area (Å²) in [5.74, 6) is 3.04. The van der Waals surface area contributed by atoms with Crippen LogP contribution in [0.3, 0.4) is 0 Å². The van der Waals surface area contributed by atoms with Crippen LogP contribution >= 0.6 is 35.6 Å². The third-order valence-corrected chi connectivity index (χ3v) is 4.40. The summed E-state index contributed by atoms with van der Waals surface area (Å²) >= 11 is 5.82. The monoisotopic (exact) mass is 535 g/mol. The number of ether oxygens (including phenoxy) is 2. The maximum absolute atomic E-state index is 5.82.